The fourth-order valence-corrected chi connectivity index (χ4v) is 6.30. The van der Waals surface area contributed by atoms with Crippen molar-refractivity contribution < 1.29 is 48.5 Å². The van der Waals surface area contributed by atoms with Gasteiger partial charge in [0.1, 0.15) is 53.8 Å². The van der Waals surface area contributed by atoms with Crippen LogP contribution in [0.2, 0.25) is 0 Å². The fourth-order valence-electron chi connectivity index (χ4n) is 6.30. The van der Waals surface area contributed by atoms with E-state index in [1.807, 2.05) is 45.8 Å². The number of aryl methyl sites for hydroxylation is 2. The number of phenolic OH excluding ortho intramolecular Hbond substituents is 1. The van der Waals surface area contributed by atoms with Gasteiger partial charge in [0.15, 0.2) is 11.3 Å². The molecule has 20 heteroatoms. The number of nitrogen functional groups attached to an aromatic ring is 2. The highest BCUT2D eigenvalue weighted by Crippen LogP contribution is 2.32. The van der Waals surface area contributed by atoms with Crippen LogP contribution in [-0.4, -0.2) is 154 Å². The standard InChI is InChI=1S/C23H33N5O5.C15H17N5O.C9H20O4/c1-2-3-8-28-23-20(22(24)25-17-26-23)21(27-28)18-4-6-19(7-5-18)33-16-15-32-14-13-31-12-11-30-10-9-29;1-2-3-8-20-15-12(14(16)17-9-18-15)13(19-20)10-4-6-11(21)7-5-10;1-2-4-11-6-8-13-9-7-12-5-3-10/h4-7,17,29H,2-3,8-16H2,1H3,(H2,24,25,26);4-7,9,21H,2-3,8H2,1H3,(H2,16,17,18);10H,2-9H2,1H3. The molecule has 4 heterocycles. The summed E-state index contributed by atoms with van der Waals surface area (Å²) in [5, 5.41) is 37.3. The van der Waals surface area contributed by atoms with E-state index in [2.05, 4.69) is 45.8 Å². The first-order valence-corrected chi connectivity index (χ1v) is 23.0. The lowest BCUT2D eigenvalue weighted by Crippen LogP contribution is -2.13. The van der Waals surface area contributed by atoms with Crippen LogP contribution in [0, 0.1) is 0 Å². The number of anilines is 2. The summed E-state index contributed by atoms with van der Waals surface area (Å²) in [5.74, 6) is 1.82. The molecule has 0 atom stereocenters. The summed E-state index contributed by atoms with van der Waals surface area (Å²) in [6.45, 7) is 14.7. The van der Waals surface area contributed by atoms with Gasteiger partial charge in [0.25, 0.3) is 0 Å². The van der Waals surface area contributed by atoms with E-state index >= 15 is 0 Å². The molecule has 0 unspecified atom stereocenters. The Morgan fingerprint density at radius 3 is 1.27 bits per heavy atom. The van der Waals surface area contributed by atoms with Crippen molar-refractivity contribution in [2.45, 2.75) is 66.0 Å². The Kier molecular flexibility index (Phi) is 26.0. The van der Waals surface area contributed by atoms with E-state index in [0.717, 1.165) is 102 Å². The van der Waals surface area contributed by atoms with Crippen LogP contribution in [0.25, 0.3) is 44.6 Å². The number of aromatic hydroxyl groups is 1. The molecule has 0 bridgehead atoms. The highest BCUT2D eigenvalue weighted by Gasteiger charge is 2.18. The van der Waals surface area contributed by atoms with Gasteiger partial charge in [-0.25, -0.2) is 29.3 Å². The van der Waals surface area contributed by atoms with Crippen molar-refractivity contribution in [3.63, 3.8) is 0 Å². The first-order chi connectivity index (χ1) is 32.9. The number of fused-ring (bicyclic) bond motifs is 2. The lowest BCUT2D eigenvalue weighted by Gasteiger charge is -2.08. The summed E-state index contributed by atoms with van der Waals surface area (Å²) in [6, 6.07) is 14.6. The molecular formula is C47H70N10O10. The van der Waals surface area contributed by atoms with Crippen molar-refractivity contribution in [1.29, 1.82) is 0 Å². The minimum atomic E-state index is 0.0236. The van der Waals surface area contributed by atoms with Crippen LogP contribution in [0.1, 0.15) is 52.9 Å². The van der Waals surface area contributed by atoms with E-state index in [4.69, 9.17) is 59.9 Å². The van der Waals surface area contributed by atoms with Crippen molar-refractivity contribution >= 4 is 33.7 Å². The second kappa shape index (κ2) is 32.2. The van der Waals surface area contributed by atoms with E-state index < -0.39 is 0 Å². The van der Waals surface area contributed by atoms with Gasteiger partial charge in [0.2, 0.25) is 0 Å². The van der Waals surface area contributed by atoms with Crippen LogP contribution in [0.5, 0.6) is 11.5 Å². The highest BCUT2D eigenvalue weighted by atomic mass is 16.6. The molecule has 4 aromatic heterocycles. The number of nitrogens with two attached hydrogens (primary N) is 2. The summed E-state index contributed by atoms with van der Waals surface area (Å²) in [7, 11) is 0. The smallest absolute Gasteiger partial charge is 0.163 e. The van der Waals surface area contributed by atoms with Gasteiger partial charge in [-0.1, -0.05) is 33.6 Å². The highest BCUT2D eigenvalue weighted by molar-refractivity contribution is 5.99. The van der Waals surface area contributed by atoms with Crippen molar-refractivity contribution in [3.05, 3.63) is 61.2 Å². The molecule has 6 aromatic rings. The van der Waals surface area contributed by atoms with E-state index in [1.165, 1.54) is 12.7 Å². The summed E-state index contributed by atoms with van der Waals surface area (Å²) < 4.78 is 40.9. The number of nitrogens with zero attached hydrogens (tertiary/aromatic N) is 8. The number of benzene rings is 2. The van der Waals surface area contributed by atoms with Crippen LogP contribution in [0.3, 0.4) is 0 Å². The second-order valence-corrected chi connectivity index (χ2v) is 14.8. The van der Waals surface area contributed by atoms with Crippen molar-refractivity contribution in [1.82, 2.24) is 39.5 Å². The number of ether oxygens (including phenoxy) is 7. The molecule has 0 fully saturated rings. The Morgan fingerprint density at radius 1 is 0.478 bits per heavy atom. The summed E-state index contributed by atoms with van der Waals surface area (Å²) in [4.78, 5) is 16.9. The Balaban J connectivity index is 0.000000245. The van der Waals surface area contributed by atoms with Crippen LogP contribution in [-0.2, 0) is 41.5 Å². The van der Waals surface area contributed by atoms with Crippen LogP contribution in [0.4, 0.5) is 11.6 Å². The molecule has 0 aliphatic heterocycles. The molecule has 368 valence electrons. The molecular weight excluding hydrogens is 865 g/mol. The van der Waals surface area contributed by atoms with Gasteiger partial charge in [-0.2, -0.15) is 10.2 Å². The zero-order chi connectivity index (χ0) is 47.9. The minimum Gasteiger partial charge on any atom is -0.508 e. The maximum Gasteiger partial charge on any atom is 0.163 e. The molecule has 20 nitrogen and oxygen atoms in total. The van der Waals surface area contributed by atoms with Crippen LogP contribution < -0.4 is 16.2 Å². The summed E-state index contributed by atoms with van der Waals surface area (Å²) >= 11 is 0. The summed E-state index contributed by atoms with van der Waals surface area (Å²) in [5.41, 5.74) is 17.0. The third kappa shape index (κ3) is 18.6. The molecule has 0 spiro atoms. The number of aliphatic hydroxyl groups is 2. The molecule has 0 aliphatic carbocycles. The minimum absolute atomic E-state index is 0.0236. The number of unbranched alkanes of at least 4 members (excludes halogenated alkanes) is 2. The predicted octanol–water partition coefficient (Wildman–Crippen LogP) is 5.32. The Hall–Kier alpha value is -5.58. The number of aliphatic hydroxyl groups excluding tert-OH is 2. The molecule has 0 amide bonds. The zero-order valence-electron chi connectivity index (χ0n) is 39.3. The lowest BCUT2D eigenvalue weighted by molar-refractivity contribution is 0.00361. The van der Waals surface area contributed by atoms with Gasteiger partial charge >= 0.3 is 0 Å². The van der Waals surface area contributed by atoms with Crippen LogP contribution in [0.15, 0.2) is 61.2 Å². The molecule has 2 aromatic carbocycles. The molecule has 0 radical (unpaired) electrons. The van der Waals surface area contributed by atoms with Gasteiger partial charge in [-0.3, -0.25) is 0 Å². The average molecular weight is 935 g/mol. The molecule has 0 saturated heterocycles. The normalized spacial score (nSPS) is 11.1. The third-order valence-electron chi connectivity index (χ3n) is 9.64. The van der Waals surface area contributed by atoms with Gasteiger partial charge in [-0.05, 0) is 67.8 Å². The number of rotatable bonds is 30. The van der Waals surface area contributed by atoms with Crippen molar-refractivity contribution in [2.75, 3.05) is 111 Å². The molecule has 0 aliphatic rings. The third-order valence-corrected chi connectivity index (χ3v) is 9.64. The number of hydrogen-bond acceptors (Lipinski definition) is 18. The monoisotopic (exact) mass is 935 g/mol. The maximum atomic E-state index is 9.42. The van der Waals surface area contributed by atoms with Crippen LogP contribution >= 0.6 is 0 Å². The number of phenols is 1. The van der Waals surface area contributed by atoms with Gasteiger partial charge in [-0.15, -0.1) is 0 Å². The lowest BCUT2D eigenvalue weighted by atomic mass is 10.1. The Morgan fingerprint density at radius 2 is 0.866 bits per heavy atom. The molecule has 6 rings (SSSR count). The van der Waals surface area contributed by atoms with Gasteiger partial charge in [0.05, 0.1) is 96.7 Å². The SMILES string of the molecule is CCCCn1nc(-c2ccc(O)cc2)c2c(N)ncnc21.CCCCn1nc(-c2ccc(OCCOCCOCCOCCO)cc2)c2c(N)ncnc21.CCCOCCOCCOCCO. The quantitative estimate of drug-likeness (QED) is 0.0358. The topological polar surface area (TPSA) is 265 Å². The van der Waals surface area contributed by atoms with E-state index in [0.29, 0.717) is 90.9 Å². The van der Waals surface area contributed by atoms with Crippen molar-refractivity contribution in [3.8, 4) is 34.0 Å². The van der Waals surface area contributed by atoms with Gasteiger partial charge in [0, 0.05) is 30.8 Å². The second-order valence-electron chi connectivity index (χ2n) is 14.8. The largest absolute Gasteiger partial charge is 0.508 e. The van der Waals surface area contributed by atoms with E-state index in [-0.39, 0.29) is 19.0 Å². The number of hydrogen-bond donors (Lipinski definition) is 5. The molecule has 67 heavy (non-hydrogen) atoms. The molecule has 7 N–H and O–H groups in total. The fraction of sp³-hybridized carbons (Fsp3) is 0.532. The number of aromatic nitrogens is 8. The predicted molar refractivity (Wildman–Crippen MR) is 257 cm³/mol. The maximum absolute atomic E-state index is 9.42. The van der Waals surface area contributed by atoms with E-state index in [1.54, 1.807) is 12.1 Å². The van der Waals surface area contributed by atoms with E-state index in [9.17, 15) is 5.11 Å². The summed E-state index contributed by atoms with van der Waals surface area (Å²) in [6.07, 6.45) is 8.17. The molecule has 0 saturated carbocycles. The zero-order valence-corrected chi connectivity index (χ0v) is 39.3. The average Bonchev–Trinajstić information content (AvgIpc) is 3.92. The Labute approximate surface area is 392 Å². The van der Waals surface area contributed by atoms with Crippen molar-refractivity contribution in [2.24, 2.45) is 0 Å². The first-order valence-electron chi connectivity index (χ1n) is 23.0. The van der Waals surface area contributed by atoms with Gasteiger partial charge < -0.3 is 59.9 Å². The Bertz CT molecular complexity index is 2220. The first kappa shape index (κ1) is 54.0.